The van der Waals surface area contributed by atoms with E-state index in [1.165, 1.54) is 5.57 Å². The Balaban J connectivity index is 2.15. The number of allylic oxidation sites excluding steroid dienone is 3. The summed E-state index contributed by atoms with van der Waals surface area (Å²) in [5.74, 6) is 0.929. The van der Waals surface area contributed by atoms with Gasteiger partial charge in [-0.3, -0.25) is 4.79 Å². The molecule has 168 valence electrons. The average molecular weight is 418 g/mol. The maximum absolute atomic E-state index is 12.8. The van der Waals surface area contributed by atoms with Gasteiger partial charge >= 0.3 is 5.97 Å². The van der Waals surface area contributed by atoms with Gasteiger partial charge in [-0.15, -0.1) is 0 Å². The van der Waals surface area contributed by atoms with Gasteiger partial charge < -0.3 is 14.9 Å². The van der Waals surface area contributed by atoms with Gasteiger partial charge in [-0.05, 0) is 62.9 Å². The highest BCUT2D eigenvalue weighted by Gasteiger charge is 2.42. The third kappa shape index (κ3) is 6.18. The van der Waals surface area contributed by atoms with Crippen molar-refractivity contribution in [3.8, 4) is 6.07 Å². The van der Waals surface area contributed by atoms with Gasteiger partial charge in [-0.25, -0.2) is 0 Å². The van der Waals surface area contributed by atoms with Gasteiger partial charge in [-0.2, -0.15) is 5.26 Å². The number of hydrogen-bond acceptors (Lipinski definition) is 5. The van der Waals surface area contributed by atoms with E-state index < -0.39 is 17.6 Å². The minimum atomic E-state index is -0.787. The van der Waals surface area contributed by atoms with Crippen molar-refractivity contribution in [1.29, 1.82) is 5.26 Å². The van der Waals surface area contributed by atoms with Crippen LogP contribution in [0.1, 0.15) is 73.1 Å². The van der Waals surface area contributed by atoms with Gasteiger partial charge in [0.15, 0.2) is 0 Å². The van der Waals surface area contributed by atoms with Gasteiger partial charge in [-0.1, -0.05) is 39.0 Å². The van der Waals surface area contributed by atoms with Gasteiger partial charge in [0.05, 0.1) is 30.1 Å². The van der Waals surface area contributed by atoms with E-state index >= 15 is 0 Å². The van der Waals surface area contributed by atoms with E-state index in [0.29, 0.717) is 18.3 Å². The van der Waals surface area contributed by atoms with E-state index in [1.54, 1.807) is 0 Å². The second-order valence-electron chi connectivity index (χ2n) is 9.95. The predicted octanol–water partition coefficient (Wildman–Crippen LogP) is 4.54. The molecule has 2 aliphatic rings. The number of nitriles is 1. The summed E-state index contributed by atoms with van der Waals surface area (Å²) in [6, 6.07) is 1.94. The summed E-state index contributed by atoms with van der Waals surface area (Å²) in [6.07, 6.45) is 8.27. The first-order valence-corrected chi connectivity index (χ1v) is 11.4. The lowest BCUT2D eigenvalue weighted by Crippen LogP contribution is -2.43. The van der Waals surface area contributed by atoms with Crippen LogP contribution in [0.2, 0.25) is 0 Å². The third-order valence-corrected chi connectivity index (χ3v) is 6.99. The molecule has 0 bridgehead atoms. The molecule has 0 spiro atoms. The number of fused-ring (bicyclic) bond motifs is 1. The van der Waals surface area contributed by atoms with Crippen molar-refractivity contribution in [1.82, 2.24) is 0 Å². The molecule has 0 amide bonds. The third-order valence-electron chi connectivity index (χ3n) is 6.99. The molecule has 2 unspecified atom stereocenters. The highest BCUT2D eigenvalue weighted by atomic mass is 16.5. The fourth-order valence-corrected chi connectivity index (χ4v) is 4.67. The lowest BCUT2D eigenvalue weighted by Gasteiger charge is -2.44. The number of hydrogen-bond donors (Lipinski definition) is 2. The molecule has 0 heterocycles. The molecule has 30 heavy (non-hydrogen) atoms. The lowest BCUT2D eigenvalue weighted by molar-refractivity contribution is -0.164. The largest absolute Gasteiger partial charge is 0.461 e. The average Bonchev–Trinajstić information content (AvgIpc) is 2.67. The summed E-state index contributed by atoms with van der Waals surface area (Å²) in [6.45, 7) is 10.2. The van der Waals surface area contributed by atoms with Gasteiger partial charge in [0.25, 0.3) is 0 Å². The van der Waals surface area contributed by atoms with Crippen LogP contribution in [0.15, 0.2) is 23.8 Å². The van der Waals surface area contributed by atoms with Crippen molar-refractivity contribution >= 4 is 5.97 Å². The van der Waals surface area contributed by atoms with Crippen molar-refractivity contribution in [3.63, 3.8) is 0 Å². The van der Waals surface area contributed by atoms with Crippen LogP contribution in [0.3, 0.4) is 0 Å². The predicted molar refractivity (Wildman–Crippen MR) is 117 cm³/mol. The number of carbonyl (C=O) groups is 1. The van der Waals surface area contributed by atoms with Gasteiger partial charge in [0.2, 0.25) is 0 Å². The second-order valence-corrected chi connectivity index (χ2v) is 9.95. The Labute approximate surface area is 181 Å². The molecule has 0 saturated heterocycles. The summed E-state index contributed by atoms with van der Waals surface area (Å²) < 4.78 is 6.12. The van der Waals surface area contributed by atoms with Crippen LogP contribution in [0.4, 0.5) is 0 Å². The zero-order chi connectivity index (χ0) is 22.5. The summed E-state index contributed by atoms with van der Waals surface area (Å²) in [5.41, 5.74) is 0.742. The second kappa shape index (κ2) is 10.6. The fourth-order valence-electron chi connectivity index (χ4n) is 4.67. The summed E-state index contributed by atoms with van der Waals surface area (Å²) in [5, 5.41) is 28.9. The standard InChI is InChI=1S/C25H39NO4/c1-6-25(4,5)24(29)30-22-14-16(2)13-18-8-7-17(3)21(23(18)22)10-9-19(27)15-20(28)11-12-26/h7-8,13,16-17,19-23,27-28H,6,9-11,14-15H2,1-5H3/t16-,17-,19?,20?,21-,22-,23-/m0/s1. The SMILES string of the molecule is CCC(C)(C)C(=O)O[C@H]1C[C@@H](C)C=C2C=C[C@H](C)[C@H](CCC(O)CC(O)CC#N)[C@H]21. The Morgan fingerprint density at radius 2 is 2.03 bits per heavy atom. The number of aliphatic hydroxyl groups is 2. The Kier molecular flexibility index (Phi) is 8.70. The van der Waals surface area contributed by atoms with Gasteiger partial charge in [0.1, 0.15) is 6.10 Å². The van der Waals surface area contributed by atoms with E-state index in [2.05, 4.69) is 32.1 Å². The monoisotopic (exact) mass is 417 g/mol. The number of rotatable bonds is 9. The van der Waals surface area contributed by atoms with E-state index in [9.17, 15) is 15.0 Å². The van der Waals surface area contributed by atoms with E-state index in [4.69, 9.17) is 10.00 Å². The van der Waals surface area contributed by atoms with Crippen molar-refractivity contribution in [3.05, 3.63) is 23.8 Å². The lowest BCUT2D eigenvalue weighted by atomic mass is 9.65. The molecule has 0 aromatic heterocycles. The first-order chi connectivity index (χ1) is 14.1. The fraction of sp³-hybridized carbons (Fsp3) is 0.760. The molecule has 5 heteroatoms. The quantitative estimate of drug-likeness (QED) is 0.537. The number of ether oxygens (including phenoxy) is 1. The zero-order valence-corrected chi connectivity index (χ0v) is 19.2. The van der Waals surface area contributed by atoms with Crippen molar-refractivity contribution in [2.24, 2.45) is 29.1 Å². The first-order valence-electron chi connectivity index (χ1n) is 11.4. The molecule has 2 aliphatic carbocycles. The molecular weight excluding hydrogens is 378 g/mol. The molecule has 0 saturated carbocycles. The summed E-state index contributed by atoms with van der Waals surface area (Å²) in [7, 11) is 0. The Morgan fingerprint density at radius 3 is 2.67 bits per heavy atom. The molecule has 0 aromatic rings. The topological polar surface area (TPSA) is 90.6 Å². The first kappa shape index (κ1) is 24.6. The molecule has 0 aromatic carbocycles. The maximum atomic E-state index is 12.8. The highest BCUT2D eigenvalue weighted by molar-refractivity contribution is 5.76. The summed E-state index contributed by atoms with van der Waals surface area (Å²) >= 11 is 0. The molecule has 2 rings (SSSR count). The molecule has 0 fully saturated rings. The van der Waals surface area contributed by atoms with Crippen LogP contribution >= 0.6 is 0 Å². The summed E-state index contributed by atoms with van der Waals surface area (Å²) in [4.78, 5) is 12.8. The van der Waals surface area contributed by atoms with Crippen molar-refractivity contribution in [2.45, 2.75) is 91.5 Å². The van der Waals surface area contributed by atoms with Crippen LogP contribution < -0.4 is 0 Å². The van der Waals surface area contributed by atoms with E-state index in [1.807, 2.05) is 26.8 Å². The Hall–Kier alpha value is -1.64. The van der Waals surface area contributed by atoms with E-state index in [0.717, 1.165) is 19.3 Å². The maximum Gasteiger partial charge on any atom is 0.311 e. The smallest absolute Gasteiger partial charge is 0.311 e. The Bertz CT molecular complexity index is 690. The molecule has 2 N–H and O–H groups in total. The van der Waals surface area contributed by atoms with Crippen molar-refractivity contribution in [2.75, 3.05) is 0 Å². The van der Waals surface area contributed by atoms with Crippen LogP contribution in [-0.4, -0.2) is 34.5 Å². The van der Waals surface area contributed by atoms with Crippen LogP contribution in [0.25, 0.3) is 0 Å². The number of nitrogens with zero attached hydrogens (tertiary/aromatic N) is 1. The number of esters is 1. The molecule has 0 radical (unpaired) electrons. The van der Waals surface area contributed by atoms with Gasteiger partial charge in [0, 0.05) is 12.3 Å². The van der Waals surface area contributed by atoms with Crippen LogP contribution in [0, 0.1) is 40.4 Å². The molecule has 7 atom stereocenters. The Morgan fingerprint density at radius 1 is 1.33 bits per heavy atom. The highest BCUT2D eigenvalue weighted by Crippen LogP contribution is 2.45. The minimum Gasteiger partial charge on any atom is -0.461 e. The zero-order valence-electron chi connectivity index (χ0n) is 19.2. The number of carbonyl (C=O) groups excluding carboxylic acids is 1. The normalized spacial score (nSPS) is 30.6. The minimum absolute atomic E-state index is 0.0399. The number of aliphatic hydroxyl groups excluding tert-OH is 2. The van der Waals surface area contributed by atoms with E-state index in [-0.39, 0.29) is 36.8 Å². The molecule has 5 nitrogen and oxygen atoms in total. The molecular formula is C25H39NO4. The van der Waals surface area contributed by atoms with Crippen molar-refractivity contribution < 1.29 is 19.7 Å². The molecule has 0 aliphatic heterocycles. The van der Waals surface area contributed by atoms with Crippen LogP contribution in [0.5, 0.6) is 0 Å². The van der Waals surface area contributed by atoms with Crippen LogP contribution in [-0.2, 0) is 9.53 Å².